The molecule has 0 bridgehead atoms. The smallest absolute Gasteiger partial charge is 0.0788 e. The fourth-order valence-corrected chi connectivity index (χ4v) is 4.16. The predicted molar refractivity (Wildman–Crippen MR) is 108 cm³/mol. The lowest BCUT2D eigenvalue weighted by Crippen LogP contribution is -2.14. The summed E-state index contributed by atoms with van der Waals surface area (Å²) in [7, 11) is 0. The van der Waals surface area contributed by atoms with Crippen LogP contribution >= 0.6 is 0 Å². The van der Waals surface area contributed by atoms with Crippen LogP contribution in [0.1, 0.15) is 41.3 Å². The van der Waals surface area contributed by atoms with Crippen molar-refractivity contribution in [1.82, 2.24) is 4.98 Å². The van der Waals surface area contributed by atoms with E-state index in [4.69, 9.17) is 0 Å². The van der Waals surface area contributed by atoms with Gasteiger partial charge in [-0.2, -0.15) is 0 Å². The van der Waals surface area contributed by atoms with Crippen LogP contribution in [0.3, 0.4) is 0 Å². The lowest BCUT2D eigenvalue weighted by atomic mass is 9.87. The maximum atomic E-state index is 3.74. The second-order valence-corrected chi connectivity index (χ2v) is 7.55. The first-order valence-electron chi connectivity index (χ1n) is 9.63. The number of anilines is 1. The average Bonchev–Trinajstić information content (AvgIpc) is 3.47. The summed E-state index contributed by atoms with van der Waals surface area (Å²) in [6, 6.07) is 21.4. The molecule has 2 aliphatic carbocycles. The fourth-order valence-electron chi connectivity index (χ4n) is 4.16. The summed E-state index contributed by atoms with van der Waals surface area (Å²) in [6.07, 6.45) is 11.0. The minimum absolute atomic E-state index is 0.140. The topological polar surface area (TPSA) is 27.8 Å². The van der Waals surface area contributed by atoms with Gasteiger partial charge in [-0.15, -0.1) is 0 Å². The van der Waals surface area contributed by atoms with Crippen LogP contribution in [0.25, 0.3) is 6.08 Å². The number of nitrogens with one attached hydrogen (secondary N) is 2. The maximum absolute atomic E-state index is 3.74. The molecule has 0 saturated heterocycles. The molecule has 2 N–H and O–H groups in total. The highest BCUT2D eigenvalue weighted by atomic mass is 14.9. The molecule has 2 aromatic carbocycles. The largest absolute Gasteiger partial charge is 0.374 e. The lowest BCUT2D eigenvalue weighted by Gasteiger charge is -2.23. The number of aromatic nitrogens is 1. The molecule has 1 aromatic heterocycles. The van der Waals surface area contributed by atoms with Gasteiger partial charge in [0.1, 0.15) is 0 Å². The fraction of sp³-hybridized carbons (Fsp3) is 0.250. The van der Waals surface area contributed by atoms with Gasteiger partial charge in [-0.05, 0) is 48.8 Å². The Hall–Kier alpha value is -2.74. The molecule has 2 aliphatic rings. The standard InChI is InChI=1S/C24H24N2/c1-3-7-18(8-4-1)24(26-20-9-5-2-6-10-20)22-16-25-23-15-19(17-11-12-17)13-14-21(22)23/h1-10,13-14,16-17,19,24-26H,11-12,15H2. The van der Waals surface area contributed by atoms with Crippen molar-refractivity contribution in [3.63, 3.8) is 0 Å². The molecule has 1 saturated carbocycles. The number of hydrogen-bond donors (Lipinski definition) is 2. The molecule has 0 aliphatic heterocycles. The number of H-pyrrole nitrogens is 1. The molecule has 0 amide bonds. The molecule has 0 radical (unpaired) electrons. The van der Waals surface area contributed by atoms with Crippen LogP contribution in [0.15, 0.2) is 72.9 Å². The number of fused-ring (bicyclic) bond motifs is 1. The summed E-state index contributed by atoms with van der Waals surface area (Å²) < 4.78 is 0. The van der Waals surface area contributed by atoms with E-state index in [-0.39, 0.29) is 6.04 Å². The molecule has 3 aromatic rings. The quantitative estimate of drug-likeness (QED) is 0.602. The number of allylic oxidation sites excluding steroid dienone is 1. The molecule has 2 heteroatoms. The van der Waals surface area contributed by atoms with Gasteiger partial charge in [0, 0.05) is 28.7 Å². The van der Waals surface area contributed by atoms with E-state index in [2.05, 4.69) is 89.3 Å². The molecule has 2 nitrogen and oxygen atoms in total. The van der Waals surface area contributed by atoms with Crippen molar-refractivity contribution in [1.29, 1.82) is 0 Å². The monoisotopic (exact) mass is 340 g/mol. The zero-order valence-corrected chi connectivity index (χ0v) is 14.9. The zero-order chi connectivity index (χ0) is 17.3. The van der Waals surface area contributed by atoms with E-state index in [1.165, 1.54) is 35.2 Å². The third kappa shape index (κ3) is 2.96. The summed E-state index contributed by atoms with van der Waals surface area (Å²) >= 11 is 0. The Morgan fingerprint density at radius 3 is 2.38 bits per heavy atom. The summed E-state index contributed by atoms with van der Waals surface area (Å²) in [5, 5.41) is 3.74. The Labute approximate surface area is 155 Å². The lowest BCUT2D eigenvalue weighted by molar-refractivity contribution is 0.556. The maximum Gasteiger partial charge on any atom is 0.0788 e. The molecule has 26 heavy (non-hydrogen) atoms. The molecular weight excluding hydrogens is 316 g/mol. The first-order valence-corrected chi connectivity index (χ1v) is 9.63. The van der Waals surface area contributed by atoms with E-state index in [1.54, 1.807) is 0 Å². The molecule has 2 atom stereocenters. The van der Waals surface area contributed by atoms with Crippen molar-refractivity contribution in [2.45, 2.75) is 25.3 Å². The Bertz CT molecular complexity index is 904. The first kappa shape index (κ1) is 15.5. The van der Waals surface area contributed by atoms with Gasteiger partial charge in [0.25, 0.3) is 0 Å². The Morgan fingerprint density at radius 2 is 1.65 bits per heavy atom. The second-order valence-electron chi connectivity index (χ2n) is 7.55. The number of rotatable bonds is 5. The van der Waals surface area contributed by atoms with Crippen molar-refractivity contribution < 1.29 is 0 Å². The van der Waals surface area contributed by atoms with Crippen molar-refractivity contribution in [3.8, 4) is 0 Å². The number of hydrogen-bond acceptors (Lipinski definition) is 1. The van der Waals surface area contributed by atoms with Crippen LogP contribution in [-0.2, 0) is 6.42 Å². The minimum atomic E-state index is 0.140. The van der Waals surface area contributed by atoms with Gasteiger partial charge in [-0.1, -0.05) is 60.7 Å². The number of aromatic amines is 1. The minimum Gasteiger partial charge on any atom is -0.374 e. The van der Waals surface area contributed by atoms with Gasteiger partial charge >= 0.3 is 0 Å². The summed E-state index contributed by atoms with van der Waals surface area (Å²) in [4.78, 5) is 3.58. The Kier molecular flexibility index (Phi) is 3.89. The van der Waals surface area contributed by atoms with Gasteiger partial charge in [0.2, 0.25) is 0 Å². The molecule has 5 rings (SSSR count). The van der Waals surface area contributed by atoms with Crippen LogP contribution in [0.4, 0.5) is 5.69 Å². The van der Waals surface area contributed by atoms with E-state index < -0.39 is 0 Å². The highest BCUT2D eigenvalue weighted by Gasteiger charge is 2.33. The summed E-state index contributed by atoms with van der Waals surface area (Å²) in [5.41, 5.74) is 6.54. The second kappa shape index (κ2) is 6.53. The zero-order valence-electron chi connectivity index (χ0n) is 14.9. The number of benzene rings is 2. The van der Waals surface area contributed by atoms with Crippen LogP contribution in [0.5, 0.6) is 0 Å². The van der Waals surface area contributed by atoms with Gasteiger partial charge < -0.3 is 10.3 Å². The van der Waals surface area contributed by atoms with Crippen LogP contribution in [0.2, 0.25) is 0 Å². The van der Waals surface area contributed by atoms with Crippen molar-refractivity contribution in [2.24, 2.45) is 11.8 Å². The van der Waals surface area contributed by atoms with Crippen LogP contribution in [0, 0.1) is 11.8 Å². The average molecular weight is 340 g/mol. The highest BCUT2D eigenvalue weighted by Crippen LogP contribution is 2.43. The predicted octanol–water partition coefficient (Wildman–Crippen LogP) is 5.81. The van der Waals surface area contributed by atoms with Crippen LogP contribution in [-0.4, -0.2) is 4.98 Å². The van der Waals surface area contributed by atoms with Crippen molar-refractivity contribution >= 4 is 11.8 Å². The summed E-state index contributed by atoms with van der Waals surface area (Å²) in [5.74, 6) is 1.64. The summed E-state index contributed by atoms with van der Waals surface area (Å²) in [6.45, 7) is 0. The SMILES string of the molecule is C1=CC(C2CC2)Cc2[nH]cc(C(Nc3ccccc3)c3ccccc3)c21. The Morgan fingerprint density at radius 1 is 0.923 bits per heavy atom. The van der Waals surface area contributed by atoms with Crippen molar-refractivity contribution in [2.75, 3.05) is 5.32 Å². The normalized spacial score (nSPS) is 19.8. The molecular formula is C24H24N2. The molecule has 1 heterocycles. The van der Waals surface area contributed by atoms with E-state index in [1.807, 2.05) is 0 Å². The van der Waals surface area contributed by atoms with E-state index in [0.717, 1.165) is 23.9 Å². The van der Waals surface area contributed by atoms with E-state index in [0.29, 0.717) is 0 Å². The van der Waals surface area contributed by atoms with E-state index in [9.17, 15) is 0 Å². The van der Waals surface area contributed by atoms with Crippen molar-refractivity contribution in [3.05, 3.63) is 95.3 Å². The van der Waals surface area contributed by atoms with Gasteiger partial charge in [-0.25, -0.2) is 0 Å². The van der Waals surface area contributed by atoms with Crippen LogP contribution < -0.4 is 5.32 Å². The van der Waals surface area contributed by atoms with Gasteiger partial charge in [0.15, 0.2) is 0 Å². The first-order chi connectivity index (χ1) is 12.9. The molecule has 1 fully saturated rings. The molecule has 0 spiro atoms. The molecule has 2 unspecified atom stereocenters. The number of para-hydroxylation sites is 1. The molecule has 130 valence electrons. The van der Waals surface area contributed by atoms with E-state index >= 15 is 0 Å². The third-order valence-electron chi connectivity index (χ3n) is 5.74. The van der Waals surface area contributed by atoms with Gasteiger partial charge in [-0.3, -0.25) is 0 Å². The third-order valence-corrected chi connectivity index (χ3v) is 5.74. The highest BCUT2D eigenvalue weighted by molar-refractivity contribution is 5.63. The van der Waals surface area contributed by atoms with Gasteiger partial charge in [0.05, 0.1) is 6.04 Å². The Balaban J connectivity index is 1.52.